The van der Waals surface area contributed by atoms with Crippen molar-refractivity contribution in [3.8, 4) is 0 Å². The summed E-state index contributed by atoms with van der Waals surface area (Å²) in [4.78, 5) is 22.8. The number of aliphatic carboxylic acids is 1. The molecule has 7 N–H and O–H groups in total. The Morgan fingerprint density at radius 1 is 1.36 bits per heavy atom. The highest BCUT2D eigenvalue weighted by atomic mass is 35.5. The summed E-state index contributed by atoms with van der Waals surface area (Å²) in [5, 5.41) is 33.4. The number of hydrogen-bond acceptors (Lipinski definition) is 9. The quantitative estimate of drug-likeness (QED) is 0.442. The van der Waals surface area contributed by atoms with Crippen molar-refractivity contribution in [2.75, 3.05) is 17.7 Å². The van der Waals surface area contributed by atoms with Gasteiger partial charge < -0.3 is 36.3 Å². The number of aromatic nitrogens is 4. The maximum absolute atomic E-state index is 10.5. The van der Waals surface area contributed by atoms with Gasteiger partial charge in [0.25, 0.3) is 0 Å². The van der Waals surface area contributed by atoms with Gasteiger partial charge in [-0.1, -0.05) is 0 Å². The lowest BCUT2D eigenvalue weighted by Crippen LogP contribution is -2.32. The van der Waals surface area contributed by atoms with Gasteiger partial charge in [0.05, 0.1) is 12.2 Å². The number of imidazole rings is 1. The fourth-order valence-electron chi connectivity index (χ4n) is 2.54. The summed E-state index contributed by atoms with van der Waals surface area (Å²) in [5.41, 5.74) is 0.753. The number of carboxylic acids is 1. The highest BCUT2D eigenvalue weighted by Crippen LogP contribution is 2.32. The first-order valence-electron chi connectivity index (χ1n) is 7.21. The molecule has 12 heteroatoms. The molecule has 0 saturated carbocycles. The van der Waals surface area contributed by atoms with E-state index >= 15 is 0 Å². The predicted molar refractivity (Wildman–Crippen MR) is 86.1 cm³/mol. The van der Waals surface area contributed by atoms with E-state index in [9.17, 15) is 20.1 Å². The van der Waals surface area contributed by atoms with E-state index in [1.807, 2.05) is 0 Å². The molecule has 4 atom stereocenters. The average molecular weight is 375 g/mol. The fraction of sp³-hybridized carbons (Fsp3) is 0.538. The number of alkyl halides is 1. The van der Waals surface area contributed by atoms with Gasteiger partial charge in [-0.15, -0.1) is 11.6 Å². The summed E-state index contributed by atoms with van der Waals surface area (Å²) >= 11 is 5.71. The van der Waals surface area contributed by atoms with E-state index in [-0.39, 0.29) is 25.0 Å². The van der Waals surface area contributed by atoms with Crippen LogP contribution >= 0.6 is 11.6 Å². The third kappa shape index (κ3) is 3.65. The molecule has 2 aromatic rings. The van der Waals surface area contributed by atoms with Crippen LogP contribution in [0.1, 0.15) is 12.6 Å². The molecule has 1 saturated heterocycles. The molecule has 0 radical (unpaired) electrons. The Bertz CT molecular complexity index is 743. The highest BCUT2D eigenvalue weighted by Gasteiger charge is 2.43. The number of aliphatic hydroxyl groups is 2. The molecule has 2 aromatic heterocycles. The summed E-state index contributed by atoms with van der Waals surface area (Å²) < 4.78 is 7.04. The van der Waals surface area contributed by atoms with Gasteiger partial charge in [-0.3, -0.25) is 4.57 Å². The van der Waals surface area contributed by atoms with Gasteiger partial charge in [0, 0.05) is 18.9 Å². The summed E-state index contributed by atoms with van der Waals surface area (Å²) in [6, 6.07) is 0. The van der Waals surface area contributed by atoms with Crippen LogP contribution in [0.3, 0.4) is 0 Å². The van der Waals surface area contributed by atoms with Crippen molar-refractivity contribution in [1.29, 1.82) is 0 Å². The van der Waals surface area contributed by atoms with Crippen LogP contribution in [0.4, 0.5) is 5.82 Å². The number of hydrogen-bond donors (Lipinski definition) is 4. The lowest BCUT2D eigenvalue weighted by atomic mass is 10.1. The van der Waals surface area contributed by atoms with E-state index in [1.54, 1.807) is 0 Å². The molecular formula is C13H19ClN6O5. The second kappa shape index (κ2) is 7.89. The zero-order valence-electron chi connectivity index (χ0n) is 13.4. The smallest absolute Gasteiger partial charge is 0.167 e. The predicted octanol–water partition coefficient (Wildman–Crippen LogP) is -1.39. The number of fused-ring (bicyclic) bond motifs is 1. The Labute approximate surface area is 147 Å². The average Bonchev–Trinajstić information content (AvgIpc) is 3.10. The van der Waals surface area contributed by atoms with Crippen LogP contribution in [-0.2, 0) is 9.53 Å². The van der Waals surface area contributed by atoms with Gasteiger partial charge in [-0.25, -0.2) is 15.0 Å². The van der Waals surface area contributed by atoms with Crippen LogP contribution in [0.25, 0.3) is 11.2 Å². The zero-order valence-corrected chi connectivity index (χ0v) is 14.1. The van der Waals surface area contributed by atoms with Gasteiger partial charge in [-0.2, -0.15) is 0 Å². The van der Waals surface area contributed by atoms with Crippen LogP contribution in [0.5, 0.6) is 0 Å². The van der Waals surface area contributed by atoms with Crippen molar-refractivity contribution in [2.24, 2.45) is 0 Å². The van der Waals surface area contributed by atoms with Crippen LogP contribution < -0.4 is 16.6 Å². The molecule has 0 amide bonds. The van der Waals surface area contributed by atoms with Crippen molar-refractivity contribution >= 4 is 34.6 Å². The normalized spacial score (nSPS) is 25.7. The highest BCUT2D eigenvalue weighted by molar-refractivity contribution is 6.18. The summed E-state index contributed by atoms with van der Waals surface area (Å²) in [7, 11) is 0. The fourth-order valence-corrected chi connectivity index (χ4v) is 2.79. The minimum absolute atomic E-state index is 0. The molecule has 25 heavy (non-hydrogen) atoms. The number of ether oxygens (including phenoxy) is 1. The lowest BCUT2D eigenvalue weighted by Gasteiger charge is -2.16. The topological polar surface area (TPSA) is 182 Å². The van der Waals surface area contributed by atoms with E-state index in [1.165, 1.54) is 17.2 Å². The molecule has 0 spiro atoms. The molecule has 3 rings (SSSR count). The Hall–Kier alpha value is -2.05. The van der Waals surface area contributed by atoms with Crippen LogP contribution in [0.15, 0.2) is 12.7 Å². The van der Waals surface area contributed by atoms with E-state index in [2.05, 4.69) is 20.3 Å². The molecule has 138 valence electrons. The molecule has 3 heterocycles. The second-order valence-electron chi connectivity index (χ2n) is 5.30. The van der Waals surface area contributed by atoms with Gasteiger partial charge in [0.1, 0.15) is 24.6 Å². The molecule has 1 aliphatic rings. The van der Waals surface area contributed by atoms with E-state index in [0.29, 0.717) is 17.0 Å². The van der Waals surface area contributed by atoms with Crippen molar-refractivity contribution in [3.63, 3.8) is 0 Å². The molecule has 11 nitrogen and oxygen atoms in total. The lowest BCUT2D eigenvalue weighted by molar-refractivity contribution is -0.305. The van der Waals surface area contributed by atoms with Gasteiger partial charge in [0.2, 0.25) is 0 Å². The molecule has 0 unspecified atom stereocenters. The number of carbonyl (C=O) groups is 1. The van der Waals surface area contributed by atoms with Crippen molar-refractivity contribution in [1.82, 2.24) is 25.7 Å². The first-order valence-corrected chi connectivity index (χ1v) is 7.75. The van der Waals surface area contributed by atoms with Crippen molar-refractivity contribution < 1.29 is 24.9 Å². The van der Waals surface area contributed by atoms with Crippen LogP contribution in [0.2, 0.25) is 0 Å². The second-order valence-corrected chi connectivity index (χ2v) is 5.60. The number of nitrogens with zero attached hydrogens (tertiary/aromatic N) is 4. The first-order chi connectivity index (χ1) is 11.5. The zero-order chi connectivity index (χ0) is 17.3. The number of carbonyl (C=O) groups excluding carboxylic acids is 1. The number of nitrogens with one attached hydrogen (secondary N) is 1. The largest absolute Gasteiger partial charge is 0.550 e. The molecule has 1 aliphatic heterocycles. The van der Waals surface area contributed by atoms with E-state index in [0.717, 1.165) is 0 Å². The van der Waals surface area contributed by atoms with Crippen LogP contribution in [0, 0.1) is 0 Å². The third-order valence-electron chi connectivity index (χ3n) is 3.74. The monoisotopic (exact) mass is 374 g/mol. The van der Waals surface area contributed by atoms with Crippen molar-refractivity contribution in [2.45, 2.75) is 31.0 Å². The molecular weight excluding hydrogens is 356 g/mol. The molecule has 1 fully saturated rings. The third-order valence-corrected chi connectivity index (χ3v) is 4.05. The minimum atomic E-state index is -1.18. The van der Waals surface area contributed by atoms with Crippen LogP contribution in [-0.4, -0.2) is 66.4 Å². The SMILES string of the molecule is O=C([O-])CCNc1ncnc2c1ncn2[C@@H]1O[C@H](CCl)[C@@H](O)[C@H]1O.[NH4+]. The molecule has 0 bridgehead atoms. The molecule has 0 aliphatic carbocycles. The van der Waals surface area contributed by atoms with E-state index in [4.69, 9.17) is 16.3 Å². The van der Waals surface area contributed by atoms with Crippen molar-refractivity contribution in [3.05, 3.63) is 12.7 Å². The summed E-state index contributed by atoms with van der Waals surface area (Å²) in [6.07, 6.45) is -1.39. The maximum atomic E-state index is 10.5. The number of anilines is 1. The first kappa shape index (κ1) is 19.3. The maximum Gasteiger partial charge on any atom is 0.167 e. The number of carboxylic acid groups (broad SMARTS) is 1. The standard InChI is InChI=1S/C13H16ClN5O5.H3N/c14-3-6-9(22)10(23)13(24-6)19-5-18-8-11(15-2-1-7(20)21)16-4-17-12(8)19;/h4-6,9-10,13,22-23H,1-3H2,(H,20,21)(H,15,16,17);1H3/t6-,9-,10-,13-;/m1./s1. The minimum Gasteiger partial charge on any atom is -0.550 e. The van der Waals surface area contributed by atoms with Gasteiger partial charge in [0.15, 0.2) is 23.2 Å². The number of rotatable bonds is 6. The Morgan fingerprint density at radius 2 is 2.12 bits per heavy atom. The summed E-state index contributed by atoms with van der Waals surface area (Å²) in [6.45, 7) is 0.122. The summed E-state index contributed by atoms with van der Waals surface area (Å²) in [5.74, 6) is -0.796. The van der Waals surface area contributed by atoms with Gasteiger partial charge >= 0.3 is 0 Å². The Morgan fingerprint density at radius 3 is 2.76 bits per heavy atom. The Kier molecular flexibility index (Phi) is 6.08. The Balaban J connectivity index is 0.00000225. The number of quaternary nitrogens is 1. The van der Waals surface area contributed by atoms with Gasteiger partial charge in [-0.05, 0) is 0 Å². The number of halogens is 1. The van der Waals surface area contributed by atoms with E-state index < -0.39 is 30.5 Å². The number of aliphatic hydroxyl groups excluding tert-OH is 2. The molecule has 0 aromatic carbocycles.